The molecule has 0 aliphatic heterocycles. The molecule has 1 aromatic rings. The Hall–Kier alpha value is -1.88. The lowest BCUT2D eigenvalue weighted by Crippen LogP contribution is -2.33. The Morgan fingerprint density at radius 3 is 2.07 bits per heavy atom. The molecule has 0 bridgehead atoms. The molecule has 0 heterocycles. The third-order valence-corrected chi connectivity index (χ3v) is 5.08. The Morgan fingerprint density at radius 1 is 0.833 bits per heavy atom. The summed E-state index contributed by atoms with van der Waals surface area (Å²) in [7, 11) is 0. The van der Waals surface area contributed by atoms with Crippen molar-refractivity contribution in [3.8, 4) is 0 Å². The van der Waals surface area contributed by atoms with Crippen molar-refractivity contribution in [3.05, 3.63) is 35.4 Å². The minimum absolute atomic E-state index is 0.344. The predicted molar refractivity (Wildman–Crippen MR) is 121 cm³/mol. The van der Waals surface area contributed by atoms with E-state index in [1.165, 1.54) is 51.9 Å². The standard InChI is InChI=1S/C25H41NO4/c1-4-6-8-10-11-12-13-14-17-23-18-16-19-24(21-23)25(28)26(30-22(3)27)29-20-15-9-7-5-2/h16,18-19,21H,4-15,17,20H2,1-3H3. The number of hydroxylamine groups is 2. The number of rotatable bonds is 16. The Labute approximate surface area is 183 Å². The summed E-state index contributed by atoms with van der Waals surface area (Å²) < 4.78 is 0. The van der Waals surface area contributed by atoms with Gasteiger partial charge in [0.25, 0.3) is 0 Å². The van der Waals surface area contributed by atoms with Crippen LogP contribution in [0.15, 0.2) is 24.3 Å². The van der Waals surface area contributed by atoms with Crippen LogP contribution in [0.5, 0.6) is 0 Å². The summed E-state index contributed by atoms with van der Waals surface area (Å²) in [6, 6.07) is 7.53. The number of hydrogen-bond acceptors (Lipinski definition) is 4. The summed E-state index contributed by atoms with van der Waals surface area (Å²) >= 11 is 0. The highest BCUT2D eigenvalue weighted by Crippen LogP contribution is 2.15. The third-order valence-electron chi connectivity index (χ3n) is 5.08. The van der Waals surface area contributed by atoms with Gasteiger partial charge in [-0.05, 0) is 42.2 Å². The van der Waals surface area contributed by atoms with E-state index in [2.05, 4.69) is 13.8 Å². The van der Waals surface area contributed by atoms with Crippen molar-refractivity contribution in [1.82, 2.24) is 5.23 Å². The summed E-state index contributed by atoms with van der Waals surface area (Å²) in [4.78, 5) is 34.6. The number of amides is 1. The first-order valence-corrected chi connectivity index (χ1v) is 11.8. The van der Waals surface area contributed by atoms with Crippen LogP contribution >= 0.6 is 0 Å². The lowest BCUT2D eigenvalue weighted by atomic mass is 10.0. The maximum atomic E-state index is 12.8. The molecular weight excluding hydrogens is 378 g/mol. The summed E-state index contributed by atoms with van der Waals surface area (Å²) in [5, 5.41) is 0.740. The van der Waals surface area contributed by atoms with E-state index in [0.29, 0.717) is 12.2 Å². The van der Waals surface area contributed by atoms with Crippen molar-refractivity contribution in [3.63, 3.8) is 0 Å². The van der Waals surface area contributed by atoms with Gasteiger partial charge < -0.3 is 4.84 Å². The third kappa shape index (κ3) is 12.0. The second kappa shape index (κ2) is 16.9. The number of benzene rings is 1. The Bertz CT molecular complexity index is 603. The lowest BCUT2D eigenvalue weighted by Gasteiger charge is -2.19. The molecule has 0 aliphatic carbocycles. The smallest absolute Gasteiger partial charge is 0.312 e. The molecule has 1 rings (SSSR count). The summed E-state index contributed by atoms with van der Waals surface area (Å²) in [6.07, 6.45) is 15.2. The highest BCUT2D eigenvalue weighted by molar-refractivity contribution is 5.93. The maximum absolute atomic E-state index is 12.8. The molecule has 0 saturated heterocycles. The van der Waals surface area contributed by atoms with Gasteiger partial charge in [-0.3, -0.25) is 4.79 Å². The van der Waals surface area contributed by atoms with E-state index in [1.807, 2.05) is 18.2 Å². The molecule has 1 aromatic carbocycles. The molecule has 0 radical (unpaired) electrons. The molecule has 0 fully saturated rings. The van der Waals surface area contributed by atoms with Crippen LogP contribution in [-0.4, -0.2) is 23.7 Å². The topological polar surface area (TPSA) is 55.8 Å². The van der Waals surface area contributed by atoms with E-state index >= 15 is 0 Å². The fraction of sp³-hybridized carbons (Fsp3) is 0.680. The number of carbonyl (C=O) groups excluding carboxylic acids is 2. The highest BCUT2D eigenvalue weighted by Gasteiger charge is 2.20. The predicted octanol–water partition coefficient (Wildman–Crippen LogP) is 6.80. The molecular formula is C25H41NO4. The molecule has 0 aromatic heterocycles. The Morgan fingerprint density at radius 2 is 1.43 bits per heavy atom. The van der Waals surface area contributed by atoms with Crippen molar-refractivity contribution in [2.45, 2.75) is 104 Å². The van der Waals surface area contributed by atoms with Crippen molar-refractivity contribution in [2.24, 2.45) is 0 Å². The maximum Gasteiger partial charge on any atom is 0.332 e. The second-order valence-corrected chi connectivity index (χ2v) is 7.96. The van der Waals surface area contributed by atoms with Crippen LogP contribution in [0.1, 0.15) is 114 Å². The van der Waals surface area contributed by atoms with E-state index < -0.39 is 11.9 Å². The average molecular weight is 420 g/mol. The SMILES string of the molecule is CCCCCCCCCCc1cccc(C(=O)N(OCCCCCC)OC(C)=O)c1. The number of unbranched alkanes of at least 4 members (excludes halogenated alkanes) is 10. The first kappa shape index (κ1) is 26.2. The quantitative estimate of drug-likeness (QED) is 0.218. The molecule has 5 heteroatoms. The minimum atomic E-state index is -0.577. The van der Waals surface area contributed by atoms with E-state index in [-0.39, 0.29) is 0 Å². The molecule has 0 aliphatic rings. The van der Waals surface area contributed by atoms with Crippen molar-refractivity contribution >= 4 is 11.9 Å². The van der Waals surface area contributed by atoms with Crippen LogP contribution in [0.3, 0.4) is 0 Å². The fourth-order valence-corrected chi connectivity index (χ4v) is 3.35. The largest absolute Gasteiger partial charge is 0.332 e. The number of carbonyl (C=O) groups is 2. The van der Waals surface area contributed by atoms with Gasteiger partial charge >= 0.3 is 11.9 Å². The highest BCUT2D eigenvalue weighted by atomic mass is 17.0. The Kier molecular flexibility index (Phi) is 14.7. The van der Waals surface area contributed by atoms with Crippen LogP contribution < -0.4 is 0 Å². The molecule has 0 N–H and O–H groups in total. The second-order valence-electron chi connectivity index (χ2n) is 7.96. The van der Waals surface area contributed by atoms with Crippen LogP contribution in [0.2, 0.25) is 0 Å². The summed E-state index contributed by atoms with van der Waals surface area (Å²) in [5.41, 5.74) is 1.60. The Balaban J connectivity index is 2.49. The zero-order chi connectivity index (χ0) is 22.0. The first-order chi connectivity index (χ1) is 14.6. The van der Waals surface area contributed by atoms with Crippen LogP contribution in [-0.2, 0) is 20.9 Å². The van der Waals surface area contributed by atoms with Gasteiger partial charge in [-0.15, -0.1) is 0 Å². The average Bonchev–Trinajstić information content (AvgIpc) is 2.74. The van der Waals surface area contributed by atoms with Crippen molar-refractivity contribution in [2.75, 3.05) is 6.61 Å². The van der Waals surface area contributed by atoms with Gasteiger partial charge in [-0.1, -0.05) is 90.2 Å². The van der Waals surface area contributed by atoms with E-state index in [4.69, 9.17) is 9.68 Å². The van der Waals surface area contributed by atoms with Gasteiger partial charge in [0.15, 0.2) is 0 Å². The molecule has 170 valence electrons. The molecule has 5 nitrogen and oxygen atoms in total. The summed E-state index contributed by atoms with van der Waals surface area (Å²) in [5.74, 6) is -1.02. The van der Waals surface area contributed by atoms with Gasteiger partial charge in [-0.25, -0.2) is 9.63 Å². The molecule has 0 atom stereocenters. The first-order valence-electron chi connectivity index (χ1n) is 11.8. The van der Waals surface area contributed by atoms with Crippen LogP contribution in [0.4, 0.5) is 0 Å². The molecule has 30 heavy (non-hydrogen) atoms. The van der Waals surface area contributed by atoms with Crippen LogP contribution in [0.25, 0.3) is 0 Å². The molecule has 0 saturated carbocycles. The molecule has 1 amide bonds. The fourth-order valence-electron chi connectivity index (χ4n) is 3.35. The van der Waals surface area contributed by atoms with Crippen molar-refractivity contribution in [1.29, 1.82) is 0 Å². The van der Waals surface area contributed by atoms with Gasteiger partial charge in [0.05, 0.1) is 6.61 Å². The van der Waals surface area contributed by atoms with Crippen LogP contribution in [0, 0.1) is 0 Å². The number of aryl methyl sites for hydroxylation is 1. The van der Waals surface area contributed by atoms with E-state index in [1.54, 1.807) is 6.07 Å². The number of hydrogen-bond donors (Lipinski definition) is 0. The number of nitrogens with zero attached hydrogens (tertiary/aromatic N) is 1. The normalized spacial score (nSPS) is 10.8. The van der Waals surface area contributed by atoms with Gasteiger partial charge in [-0.2, -0.15) is 0 Å². The minimum Gasteiger partial charge on any atom is -0.312 e. The van der Waals surface area contributed by atoms with E-state index in [9.17, 15) is 9.59 Å². The van der Waals surface area contributed by atoms with Crippen molar-refractivity contribution < 1.29 is 19.3 Å². The molecule has 0 spiro atoms. The van der Waals surface area contributed by atoms with Gasteiger partial charge in [0.2, 0.25) is 0 Å². The zero-order valence-corrected chi connectivity index (χ0v) is 19.3. The van der Waals surface area contributed by atoms with Gasteiger partial charge in [0.1, 0.15) is 0 Å². The zero-order valence-electron chi connectivity index (χ0n) is 19.3. The monoisotopic (exact) mass is 419 g/mol. The molecule has 0 unspecified atom stereocenters. The lowest BCUT2D eigenvalue weighted by molar-refractivity contribution is -0.307. The van der Waals surface area contributed by atoms with Gasteiger partial charge in [0, 0.05) is 12.5 Å². The summed E-state index contributed by atoms with van der Waals surface area (Å²) in [6.45, 7) is 5.98. The van der Waals surface area contributed by atoms with E-state index in [0.717, 1.165) is 49.3 Å².